The largest absolute Gasteiger partial charge is 0.462 e. The van der Waals surface area contributed by atoms with Crippen LogP contribution in [0, 0.1) is 25.7 Å². The summed E-state index contributed by atoms with van der Waals surface area (Å²) in [5, 5.41) is 10.4. The number of benzene rings is 2. The van der Waals surface area contributed by atoms with Gasteiger partial charge in [-0.3, -0.25) is 4.79 Å². The van der Waals surface area contributed by atoms with Crippen molar-refractivity contribution < 1.29 is 28.9 Å². The second kappa shape index (κ2) is 17.4. The van der Waals surface area contributed by atoms with Crippen molar-refractivity contribution in [2.24, 2.45) is 11.8 Å². The van der Waals surface area contributed by atoms with Gasteiger partial charge in [0.15, 0.2) is 5.79 Å². The molecule has 6 nitrogen and oxygen atoms in total. The fraction of sp³-hybridized carbons (Fsp3) is 0.514. The van der Waals surface area contributed by atoms with Gasteiger partial charge in [0.2, 0.25) is 0 Å². The van der Waals surface area contributed by atoms with Crippen LogP contribution >= 0.6 is 11.6 Å². The lowest BCUT2D eigenvalue weighted by molar-refractivity contribution is -0.152. The standard InChI is InChI=1S/C30H48O5Si.C7H5ClO/c1-20(2)22(4)14-15-25(31)28-26(34-30(6,7)35-28)13-11-12-24-19-21(3)18-23(5)27(24)29(32)33-16-17-36(8,9)10;8-7(9)6-4-2-1-3-5-6/h11-12,14-15,18-20,22,25-26,28,31H,13,16-17H2,1-10H3;1-5H/b12-11+,15-14-;/t22-,25?,26-,28+;/m0./s1. The average molecular weight is 657 g/mol. The molecule has 0 spiro atoms. The molecule has 1 fully saturated rings. The monoisotopic (exact) mass is 656 g/mol. The van der Waals surface area contributed by atoms with E-state index in [4.69, 9.17) is 25.8 Å². The molecule has 3 rings (SSSR count). The lowest BCUT2D eigenvalue weighted by Gasteiger charge is -2.20. The maximum atomic E-state index is 13.0. The first-order valence-corrected chi connectivity index (χ1v) is 19.9. The van der Waals surface area contributed by atoms with Gasteiger partial charge in [-0.05, 0) is 74.7 Å². The Kier molecular flexibility index (Phi) is 14.9. The van der Waals surface area contributed by atoms with Crippen LogP contribution in [0.3, 0.4) is 0 Å². The van der Waals surface area contributed by atoms with Gasteiger partial charge < -0.3 is 19.3 Å². The highest BCUT2D eigenvalue weighted by Gasteiger charge is 2.43. The van der Waals surface area contributed by atoms with Crippen LogP contribution in [-0.4, -0.2) is 55.1 Å². The number of ether oxygens (including phenoxy) is 3. The normalized spacial score (nSPS) is 19.4. The molecular formula is C37H53ClO6Si. The van der Waals surface area contributed by atoms with Crippen molar-refractivity contribution >= 4 is 37.0 Å². The summed E-state index contributed by atoms with van der Waals surface area (Å²) in [6.45, 7) is 21.5. The number of carbonyl (C=O) groups is 2. The first-order valence-electron chi connectivity index (χ1n) is 15.8. The van der Waals surface area contributed by atoms with Crippen LogP contribution < -0.4 is 0 Å². The number of allylic oxidation sites excluding steroid dienone is 1. The molecule has 2 aromatic rings. The number of hydrogen-bond donors (Lipinski definition) is 1. The molecule has 1 N–H and O–H groups in total. The number of hydrogen-bond acceptors (Lipinski definition) is 6. The number of carbonyl (C=O) groups excluding carboxylic acids is 2. The SMILES string of the molecule is Cc1cc(C)c(C(=O)OCC[Si](C)(C)C)c(/C=C/C[C@@H]2OC(C)(C)O[C@@H]2C(O)/C=C\[C@H](C)C(C)C)c1.O=C(Cl)c1ccccc1. The highest BCUT2D eigenvalue weighted by molar-refractivity contribution is 6.76. The van der Waals surface area contributed by atoms with E-state index in [2.05, 4.69) is 40.4 Å². The van der Waals surface area contributed by atoms with Crippen LogP contribution in [0.4, 0.5) is 0 Å². The Labute approximate surface area is 276 Å². The van der Waals surface area contributed by atoms with E-state index in [0.29, 0.717) is 36.0 Å². The van der Waals surface area contributed by atoms with E-state index >= 15 is 0 Å². The molecule has 1 unspecified atom stereocenters. The second-order valence-electron chi connectivity index (χ2n) is 13.9. The first-order chi connectivity index (χ1) is 20.9. The molecule has 0 amide bonds. The van der Waals surface area contributed by atoms with Crippen LogP contribution in [0.2, 0.25) is 25.7 Å². The number of aryl methyl sites for hydroxylation is 2. The summed E-state index contributed by atoms with van der Waals surface area (Å²) in [5.74, 6) is -0.183. The van der Waals surface area contributed by atoms with Gasteiger partial charge >= 0.3 is 5.97 Å². The predicted molar refractivity (Wildman–Crippen MR) is 188 cm³/mol. The maximum absolute atomic E-state index is 13.0. The van der Waals surface area contributed by atoms with Crippen molar-refractivity contribution in [3.63, 3.8) is 0 Å². The molecule has 1 saturated heterocycles. The molecule has 0 radical (unpaired) electrons. The van der Waals surface area contributed by atoms with Crippen molar-refractivity contribution in [1.82, 2.24) is 0 Å². The van der Waals surface area contributed by atoms with Crippen LogP contribution in [0.25, 0.3) is 6.08 Å². The number of aliphatic hydroxyl groups is 1. The zero-order valence-corrected chi connectivity index (χ0v) is 30.5. The van der Waals surface area contributed by atoms with Gasteiger partial charge in [-0.1, -0.05) is 113 Å². The Morgan fingerprint density at radius 2 is 1.69 bits per heavy atom. The molecule has 248 valence electrons. The molecule has 1 aliphatic heterocycles. The minimum absolute atomic E-state index is 0.273. The summed E-state index contributed by atoms with van der Waals surface area (Å²) in [7, 11) is -1.29. The third-order valence-corrected chi connectivity index (χ3v) is 9.61. The van der Waals surface area contributed by atoms with Crippen molar-refractivity contribution in [3.05, 3.63) is 88.5 Å². The lowest BCUT2D eigenvalue weighted by atomic mass is 9.95. The van der Waals surface area contributed by atoms with E-state index in [1.54, 1.807) is 24.3 Å². The Balaban J connectivity index is 0.000000669. The molecule has 8 heteroatoms. The summed E-state index contributed by atoms with van der Waals surface area (Å²) in [5.41, 5.74) is 3.99. The molecule has 0 aromatic heterocycles. The highest BCUT2D eigenvalue weighted by Crippen LogP contribution is 2.33. The van der Waals surface area contributed by atoms with Gasteiger partial charge in [0.05, 0.1) is 18.3 Å². The minimum Gasteiger partial charge on any atom is -0.462 e. The molecule has 4 atom stereocenters. The van der Waals surface area contributed by atoms with Gasteiger partial charge in [0.25, 0.3) is 5.24 Å². The Bertz CT molecular complexity index is 1310. The fourth-order valence-corrected chi connectivity index (χ4v) is 5.63. The third kappa shape index (κ3) is 13.4. The van der Waals surface area contributed by atoms with E-state index in [1.165, 1.54) is 0 Å². The Morgan fingerprint density at radius 3 is 2.24 bits per heavy atom. The molecule has 1 heterocycles. The predicted octanol–water partition coefficient (Wildman–Crippen LogP) is 9.00. The summed E-state index contributed by atoms with van der Waals surface area (Å²) in [6.07, 6.45) is 6.86. The zero-order valence-electron chi connectivity index (χ0n) is 28.7. The van der Waals surface area contributed by atoms with Gasteiger partial charge in [0.1, 0.15) is 12.2 Å². The molecule has 0 saturated carbocycles. The molecule has 45 heavy (non-hydrogen) atoms. The zero-order chi connectivity index (χ0) is 33.9. The van der Waals surface area contributed by atoms with Crippen LogP contribution in [0.15, 0.2) is 60.7 Å². The topological polar surface area (TPSA) is 82.1 Å². The van der Waals surface area contributed by atoms with Crippen molar-refractivity contribution in [2.45, 2.75) is 105 Å². The molecule has 0 aliphatic carbocycles. The van der Waals surface area contributed by atoms with Crippen LogP contribution in [0.1, 0.15) is 78.4 Å². The summed E-state index contributed by atoms with van der Waals surface area (Å²) >= 11 is 5.16. The highest BCUT2D eigenvalue weighted by atomic mass is 35.5. The number of esters is 1. The van der Waals surface area contributed by atoms with E-state index in [0.717, 1.165) is 22.7 Å². The smallest absolute Gasteiger partial charge is 0.338 e. The first kappa shape index (κ1) is 38.6. The minimum atomic E-state index is -1.29. The molecule has 0 bridgehead atoms. The summed E-state index contributed by atoms with van der Waals surface area (Å²) in [6, 6.07) is 13.7. The van der Waals surface area contributed by atoms with Gasteiger partial charge in [-0.2, -0.15) is 0 Å². The number of aliphatic hydroxyl groups excluding tert-OH is 1. The number of rotatable bonds is 12. The summed E-state index contributed by atoms with van der Waals surface area (Å²) in [4.78, 5) is 23.4. The van der Waals surface area contributed by atoms with Crippen LogP contribution in [0.5, 0.6) is 0 Å². The Morgan fingerprint density at radius 1 is 1.04 bits per heavy atom. The fourth-order valence-electron chi connectivity index (χ4n) is 4.79. The van der Waals surface area contributed by atoms with E-state index in [-0.39, 0.29) is 12.1 Å². The molecule has 2 aromatic carbocycles. The average Bonchev–Trinajstić information content (AvgIpc) is 3.25. The second-order valence-corrected chi connectivity index (χ2v) is 19.9. The van der Waals surface area contributed by atoms with Crippen molar-refractivity contribution in [2.75, 3.05) is 6.61 Å². The van der Waals surface area contributed by atoms with Crippen molar-refractivity contribution in [1.29, 1.82) is 0 Å². The quantitative estimate of drug-likeness (QED) is 0.106. The van der Waals surface area contributed by atoms with E-state index < -0.39 is 31.3 Å². The van der Waals surface area contributed by atoms with Gasteiger partial charge in [0, 0.05) is 13.6 Å². The van der Waals surface area contributed by atoms with E-state index in [9.17, 15) is 14.7 Å². The molecule has 1 aliphatic rings. The van der Waals surface area contributed by atoms with Crippen molar-refractivity contribution in [3.8, 4) is 0 Å². The van der Waals surface area contributed by atoms with Gasteiger partial charge in [-0.15, -0.1) is 0 Å². The molecular weight excluding hydrogens is 604 g/mol. The maximum Gasteiger partial charge on any atom is 0.338 e. The van der Waals surface area contributed by atoms with Gasteiger partial charge in [-0.25, -0.2) is 4.79 Å². The summed E-state index contributed by atoms with van der Waals surface area (Å²) < 4.78 is 17.9. The number of halogens is 1. The third-order valence-electron chi connectivity index (χ3n) is 7.69. The van der Waals surface area contributed by atoms with Crippen LogP contribution in [-0.2, 0) is 14.2 Å². The van der Waals surface area contributed by atoms with E-state index in [1.807, 2.05) is 70.2 Å². The lowest BCUT2D eigenvalue weighted by Crippen LogP contribution is -2.34. The Hall–Kier alpha value is -2.55.